The van der Waals surface area contributed by atoms with Gasteiger partial charge in [0.25, 0.3) is 0 Å². The molecular weight excluding hydrogens is 1430 g/mol. The minimum atomic E-state index is -2.30. The quantitative estimate of drug-likeness (QED) is 0.0340. The molecule has 21 heterocycles. The highest BCUT2D eigenvalue weighted by atomic mass is 32.2. The Balaban J connectivity index is 1.07. The van der Waals surface area contributed by atoms with E-state index in [9.17, 15) is 121 Å². The number of hydrogen-bond acceptors (Lipinski definition) is 41. The third-order valence-corrected chi connectivity index (χ3v) is 20.8. The standard InChI is InChI=1S/C59H97NO40S2/c1-20(66)3-5-85-7-8-86-6-4-22(67)9-21(51(81)82)16-101-19-32-50-38(74)44(80)59(94-32)99-49-30(15-65)91-56(42(78)36(49)72)96-46-27(12-62)88-54(39(75)33(46)69)87-25-10-24(68)53(93-31(25)18-102-17-23(60-2)52(83)84)95-45-26(11-61)89-55(40(76)34(45)70)97-47-28(13-63)90-57(41(77)35(47)71)98-48-29(14-64)92-58(100-50)43(79)37(48)73/h21,23-50,53-65,68-80H,3-19H2,1-2H3,(H,81,82)(H,83,84)/t21-,23-,24+,25+,26?,27?,28?,29?,30?,31?,32?,33?,34?,35?,36?,37?,38?,39+,40+,41+,42+,43+,44+,45-,46-,47-,48-,49-,50-,53+,54-,55-,56+,57-,58-,59-/m1/s1. The number of Topliss-reactive ketones (excluding diaryl/α,β-unsaturated/α-hetero) is 2. The number of ketones is 2. The molecule has 0 aromatic carbocycles. The number of carboxylic acids is 2. The van der Waals surface area contributed by atoms with E-state index in [1.54, 1.807) is 0 Å². The van der Waals surface area contributed by atoms with Crippen LogP contribution in [0.3, 0.4) is 0 Å². The largest absolute Gasteiger partial charge is 0.481 e. The summed E-state index contributed by atoms with van der Waals surface area (Å²) in [6.07, 6.45) is -68.4. The normalized spacial score (nSPS) is 44.5. The number of carbonyl (C=O) groups is 4. The lowest BCUT2D eigenvalue weighted by atomic mass is 9.95. The molecule has 41 nitrogen and oxygen atoms in total. The van der Waals surface area contributed by atoms with E-state index < -0.39 is 290 Å². The summed E-state index contributed by atoms with van der Waals surface area (Å²) in [7, 11) is 1.39. The molecule has 43 heteroatoms. The lowest BCUT2D eigenvalue weighted by Crippen LogP contribution is -2.68. The SMILES string of the molecule is CN[C@H](CSCC1O[C@H]2O[C@@H]3C(CO)O[C@H](O[C@@H]4C(CO)O[C@H](O[C@@H]5C(CO)O[C@H](O[C@@H]6C(CSC[C@@H](CC(=O)CCOCCOCCC(C)=O)C(=O)O)O[C@H](O[C@@H]7C(CO)O[C@@H](O[C@@H]8C(CO)O[C@@H](O[C@H]1C[C@@H]2O)[C@@H](O)C8O)[C@@H](O)C7O)[C@@H](O)C6O)[C@@H](O)C5O)[C@@H](O)C4O)[C@@H](O)C3O)C(=O)O. The molecule has 36 atom stereocenters. The van der Waals surface area contributed by atoms with Crippen molar-refractivity contribution in [1.82, 2.24) is 5.32 Å². The molecule has 0 aliphatic carbocycles. The van der Waals surface area contributed by atoms with Crippen LogP contribution in [0, 0.1) is 5.92 Å². The van der Waals surface area contributed by atoms with Crippen LogP contribution in [-0.2, 0) is 95.0 Å². The lowest BCUT2D eigenvalue weighted by molar-refractivity contribution is -0.394. The van der Waals surface area contributed by atoms with Gasteiger partial charge in [-0.25, -0.2) is 0 Å². The van der Waals surface area contributed by atoms with E-state index in [4.69, 9.17) is 75.8 Å². The zero-order valence-corrected chi connectivity index (χ0v) is 56.9. The molecule has 590 valence electrons. The average molecular weight is 1520 g/mol. The van der Waals surface area contributed by atoms with Gasteiger partial charge >= 0.3 is 11.9 Å². The first-order chi connectivity index (χ1) is 48.6. The van der Waals surface area contributed by atoms with Crippen LogP contribution in [0.25, 0.3) is 0 Å². The van der Waals surface area contributed by atoms with Crippen LogP contribution in [0.5, 0.6) is 0 Å². The molecule has 13 unspecified atom stereocenters. The Bertz CT molecular complexity index is 2580. The summed E-state index contributed by atoms with van der Waals surface area (Å²) in [5.41, 5.74) is 0. The van der Waals surface area contributed by atoms with Gasteiger partial charge in [-0.15, -0.1) is 0 Å². The Kier molecular flexibility index (Phi) is 33.2. The van der Waals surface area contributed by atoms with E-state index in [1.165, 1.54) is 14.0 Å². The minimum Gasteiger partial charge on any atom is -0.481 e. The number of carboxylic acid groups (broad SMARTS) is 2. The van der Waals surface area contributed by atoms with Crippen molar-refractivity contribution >= 4 is 47.0 Å². The van der Waals surface area contributed by atoms with Gasteiger partial charge in [-0.05, 0) is 14.0 Å². The predicted octanol–water partition coefficient (Wildman–Crippen LogP) is -12.0. The van der Waals surface area contributed by atoms with Gasteiger partial charge in [0, 0.05) is 48.7 Å². The number of aliphatic hydroxyl groups excluding tert-OH is 18. The minimum absolute atomic E-state index is 0.0705. The topological polar surface area (TPSA) is 633 Å². The van der Waals surface area contributed by atoms with Crippen molar-refractivity contribution in [2.45, 2.75) is 247 Å². The third-order valence-electron chi connectivity index (χ3n) is 18.4. The maximum absolute atomic E-state index is 13.0. The van der Waals surface area contributed by atoms with Gasteiger partial charge in [0.2, 0.25) is 0 Å². The highest BCUT2D eigenvalue weighted by Gasteiger charge is 2.59. The number of likely N-dealkylation sites (N-methyl/N-ethyl adjacent to an activating group) is 1. The van der Waals surface area contributed by atoms with Crippen molar-refractivity contribution in [3.63, 3.8) is 0 Å². The molecule has 102 heavy (non-hydrogen) atoms. The predicted molar refractivity (Wildman–Crippen MR) is 330 cm³/mol. The first kappa shape index (κ1) is 85.2. The second kappa shape index (κ2) is 39.8. The zero-order chi connectivity index (χ0) is 74.5. The van der Waals surface area contributed by atoms with Crippen LogP contribution >= 0.6 is 23.5 Å². The van der Waals surface area contributed by atoms with Gasteiger partial charge in [-0.2, -0.15) is 23.5 Å². The highest BCUT2D eigenvalue weighted by Crippen LogP contribution is 2.40. The Morgan fingerprint density at radius 3 is 1.05 bits per heavy atom. The van der Waals surface area contributed by atoms with Gasteiger partial charge in [0.05, 0.1) is 83.7 Å². The molecule has 0 radical (unpaired) electrons. The van der Waals surface area contributed by atoms with E-state index in [2.05, 4.69) is 5.32 Å². The second-order valence-electron chi connectivity index (χ2n) is 25.6. The summed E-state index contributed by atoms with van der Waals surface area (Å²) in [6.45, 7) is -3.68. The number of ether oxygens (including phenoxy) is 16. The number of nitrogens with one attached hydrogen (secondary N) is 1. The molecule has 0 aromatic rings. The van der Waals surface area contributed by atoms with Crippen LogP contribution in [-0.4, -0.2) is 430 Å². The number of thioether (sulfide) groups is 2. The monoisotopic (exact) mass is 1520 g/mol. The Morgan fingerprint density at radius 1 is 0.392 bits per heavy atom. The van der Waals surface area contributed by atoms with E-state index in [1.807, 2.05) is 0 Å². The Labute approximate surface area is 590 Å². The number of aliphatic carboxylic acids is 2. The number of aliphatic hydroxyl groups is 18. The molecule has 0 aromatic heterocycles. The molecule has 21 fully saturated rings. The Hall–Kier alpha value is -2.42. The molecular formula is C59H97NO40S2. The van der Waals surface area contributed by atoms with Crippen molar-refractivity contribution in [3.8, 4) is 0 Å². The highest BCUT2D eigenvalue weighted by molar-refractivity contribution is 7.99. The van der Waals surface area contributed by atoms with E-state index >= 15 is 0 Å². The number of carbonyl (C=O) groups excluding carboxylic acids is 2. The third kappa shape index (κ3) is 20.9. The van der Waals surface area contributed by atoms with E-state index in [-0.39, 0.29) is 62.3 Å². The van der Waals surface area contributed by atoms with Crippen molar-refractivity contribution in [2.75, 3.05) is 89.5 Å². The summed E-state index contributed by atoms with van der Waals surface area (Å²) >= 11 is 1.78. The van der Waals surface area contributed by atoms with Crippen LogP contribution in [0.1, 0.15) is 32.6 Å². The van der Waals surface area contributed by atoms with Gasteiger partial charge < -0.3 is 183 Å². The Morgan fingerprint density at radius 2 is 0.706 bits per heavy atom. The number of hydrogen-bond donors (Lipinski definition) is 21. The van der Waals surface area contributed by atoms with Crippen molar-refractivity contribution < 1.29 is 197 Å². The van der Waals surface area contributed by atoms with Crippen molar-refractivity contribution in [2.24, 2.45) is 5.92 Å². The summed E-state index contributed by atoms with van der Waals surface area (Å²) in [4.78, 5) is 48.7. The first-order valence-electron chi connectivity index (χ1n) is 33.1. The van der Waals surface area contributed by atoms with Gasteiger partial charge in [0.15, 0.2) is 44.0 Å². The van der Waals surface area contributed by atoms with Crippen LogP contribution < -0.4 is 5.32 Å². The van der Waals surface area contributed by atoms with Crippen LogP contribution in [0.4, 0.5) is 0 Å². The maximum Gasteiger partial charge on any atom is 0.321 e. The second-order valence-corrected chi connectivity index (χ2v) is 27.8. The summed E-state index contributed by atoms with van der Waals surface area (Å²) in [6, 6.07) is -1.11. The molecule has 0 saturated carbocycles. The lowest BCUT2D eigenvalue weighted by Gasteiger charge is -2.50. The van der Waals surface area contributed by atoms with Gasteiger partial charge in [0.1, 0.15) is 164 Å². The first-order valence-corrected chi connectivity index (χ1v) is 35.4. The molecule has 21 N–H and O–H groups in total. The summed E-state index contributed by atoms with van der Waals surface area (Å²) in [5, 5.41) is 228. The average Bonchev–Trinajstić information content (AvgIpc) is 0.779. The fourth-order valence-electron chi connectivity index (χ4n) is 12.6. The van der Waals surface area contributed by atoms with Gasteiger partial charge in [-0.1, -0.05) is 0 Å². The molecule has 0 amide bonds. The maximum atomic E-state index is 13.0. The summed E-state index contributed by atoms with van der Waals surface area (Å²) in [5.74, 6) is -5.72. The number of rotatable bonds is 27. The smallest absolute Gasteiger partial charge is 0.321 e. The molecule has 21 rings (SSSR count). The van der Waals surface area contributed by atoms with Gasteiger partial charge in [-0.3, -0.25) is 19.2 Å². The molecule has 0 spiro atoms. The van der Waals surface area contributed by atoms with Crippen LogP contribution in [0.2, 0.25) is 0 Å². The fourth-order valence-corrected chi connectivity index (χ4v) is 15.0. The van der Waals surface area contributed by atoms with E-state index in [0.717, 1.165) is 23.5 Å². The fraction of sp³-hybridized carbons (Fsp3) is 0.932. The van der Waals surface area contributed by atoms with E-state index in [0.29, 0.717) is 0 Å². The summed E-state index contributed by atoms with van der Waals surface area (Å²) < 4.78 is 93.8. The molecule has 21 aliphatic rings. The van der Waals surface area contributed by atoms with Crippen molar-refractivity contribution in [1.29, 1.82) is 0 Å². The van der Waals surface area contributed by atoms with Crippen molar-refractivity contribution in [3.05, 3.63) is 0 Å². The molecule has 21 aliphatic heterocycles. The molecule has 21 saturated heterocycles. The zero-order valence-electron chi connectivity index (χ0n) is 55.2. The molecule has 14 bridgehead atoms. The van der Waals surface area contributed by atoms with Crippen LogP contribution in [0.15, 0.2) is 0 Å².